The van der Waals surface area contributed by atoms with Gasteiger partial charge in [0.1, 0.15) is 6.21 Å². The van der Waals surface area contributed by atoms with Crippen LogP contribution in [0.25, 0.3) is 0 Å². The van der Waals surface area contributed by atoms with Gasteiger partial charge in [0.25, 0.3) is 5.91 Å². The summed E-state index contributed by atoms with van der Waals surface area (Å²) < 4.78 is 0. The van der Waals surface area contributed by atoms with Crippen molar-refractivity contribution in [2.45, 2.75) is 13.8 Å². The molecule has 14 heavy (non-hydrogen) atoms. The molecule has 1 amide bonds. The van der Waals surface area contributed by atoms with Gasteiger partial charge >= 0.3 is 0 Å². The van der Waals surface area contributed by atoms with Crippen molar-refractivity contribution in [1.82, 2.24) is 0 Å². The number of nitrogens with zero attached hydrogens (tertiary/aromatic N) is 1. The van der Waals surface area contributed by atoms with Crippen molar-refractivity contribution in [2.24, 2.45) is 5.16 Å². The fraction of sp³-hybridized carbons (Fsp3) is 0.200. The first kappa shape index (κ1) is 10.2. The number of benzene rings is 1. The Bertz CT molecular complexity index is 352. The molecule has 0 atom stereocenters. The zero-order valence-electron chi connectivity index (χ0n) is 8.11. The summed E-state index contributed by atoms with van der Waals surface area (Å²) in [5, 5.41) is 13.4. The van der Waals surface area contributed by atoms with E-state index in [1.54, 1.807) is 0 Å². The molecule has 0 fully saturated rings. The molecular weight excluding hydrogens is 180 g/mol. The number of carbonyl (C=O) groups is 1. The number of nitrogens with one attached hydrogen (secondary N) is 1. The van der Waals surface area contributed by atoms with Gasteiger partial charge in [0, 0.05) is 5.69 Å². The summed E-state index contributed by atoms with van der Waals surface area (Å²) in [4.78, 5) is 11.1. The van der Waals surface area contributed by atoms with E-state index in [9.17, 15) is 4.79 Å². The lowest BCUT2D eigenvalue weighted by molar-refractivity contribution is -0.110. The van der Waals surface area contributed by atoms with Crippen LogP contribution < -0.4 is 5.32 Å². The summed E-state index contributed by atoms with van der Waals surface area (Å²) in [6.45, 7) is 3.80. The minimum Gasteiger partial charge on any atom is -0.411 e. The number of amides is 1. The van der Waals surface area contributed by atoms with Crippen LogP contribution in [0.3, 0.4) is 0 Å². The van der Waals surface area contributed by atoms with Gasteiger partial charge in [-0.05, 0) is 25.0 Å². The summed E-state index contributed by atoms with van der Waals surface area (Å²) in [7, 11) is 0. The molecule has 0 aliphatic rings. The van der Waals surface area contributed by atoms with Crippen molar-refractivity contribution >= 4 is 17.8 Å². The predicted molar refractivity (Wildman–Crippen MR) is 54.8 cm³/mol. The quantitative estimate of drug-likeness (QED) is 0.425. The van der Waals surface area contributed by atoms with Gasteiger partial charge in [-0.15, -0.1) is 0 Å². The van der Waals surface area contributed by atoms with Crippen molar-refractivity contribution in [1.29, 1.82) is 0 Å². The first-order valence-corrected chi connectivity index (χ1v) is 4.20. The van der Waals surface area contributed by atoms with E-state index in [4.69, 9.17) is 5.21 Å². The highest BCUT2D eigenvalue weighted by Crippen LogP contribution is 2.18. The number of hydrogen-bond donors (Lipinski definition) is 2. The van der Waals surface area contributed by atoms with Crippen LogP contribution in [0.5, 0.6) is 0 Å². The topological polar surface area (TPSA) is 61.7 Å². The molecule has 0 aromatic heterocycles. The van der Waals surface area contributed by atoms with E-state index in [-0.39, 0.29) is 0 Å². The van der Waals surface area contributed by atoms with Gasteiger partial charge in [-0.25, -0.2) is 0 Å². The Balaban J connectivity index is 2.91. The second-order valence-electron chi connectivity index (χ2n) is 3.00. The van der Waals surface area contributed by atoms with Gasteiger partial charge in [0.2, 0.25) is 0 Å². The van der Waals surface area contributed by atoms with Crippen molar-refractivity contribution in [3.63, 3.8) is 0 Å². The van der Waals surface area contributed by atoms with Gasteiger partial charge < -0.3 is 10.5 Å². The molecule has 0 saturated carbocycles. The van der Waals surface area contributed by atoms with Gasteiger partial charge in [-0.3, -0.25) is 4.79 Å². The molecule has 0 heterocycles. The first-order valence-electron chi connectivity index (χ1n) is 4.20. The number of aryl methyl sites for hydroxylation is 2. The Labute approximate surface area is 82.2 Å². The highest BCUT2D eigenvalue weighted by Gasteiger charge is 2.04. The van der Waals surface area contributed by atoms with Crippen LogP contribution >= 0.6 is 0 Å². The monoisotopic (exact) mass is 192 g/mol. The van der Waals surface area contributed by atoms with Crippen molar-refractivity contribution in [2.75, 3.05) is 5.32 Å². The molecule has 0 radical (unpaired) electrons. The smallest absolute Gasteiger partial charge is 0.270 e. The van der Waals surface area contributed by atoms with Crippen LogP contribution in [0.4, 0.5) is 5.69 Å². The minimum atomic E-state index is -0.440. The van der Waals surface area contributed by atoms with Crippen molar-refractivity contribution < 1.29 is 10.0 Å². The summed E-state index contributed by atoms with van der Waals surface area (Å²) >= 11 is 0. The number of para-hydroxylation sites is 1. The van der Waals surface area contributed by atoms with Crippen LogP contribution in [0.15, 0.2) is 23.4 Å². The molecule has 0 unspecified atom stereocenters. The average Bonchev–Trinajstić information content (AvgIpc) is 2.12. The SMILES string of the molecule is Cc1cccc(C)c1NC(=O)C=NO. The molecule has 2 N–H and O–H groups in total. The maximum atomic E-state index is 11.1. The van der Waals surface area contributed by atoms with Crippen LogP contribution in [0.1, 0.15) is 11.1 Å². The lowest BCUT2D eigenvalue weighted by Gasteiger charge is -2.08. The number of rotatable bonds is 2. The second-order valence-corrected chi connectivity index (χ2v) is 3.00. The largest absolute Gasteiger partial charge is 0.411 e. The Kier molecular flexibility index (Phi) is 3.23. The second kappa shape index (κ2) is 4.41. The van der Waals surface area contributed by atoms with E-state index in [2.05, 4.69) is 10.5 Å². The number of anilines is 1. The summed E-state index contributed by atoms with van der Waals surface area (Å²) in [5.74, 6) is -0.440. The van der Waals surface area contributed by atoms with Crippen LogP contribution in [0.2, 0.25) is 0 Å². The highest BCUT2D eigenvalue weighted by atomic mass is 16.4. The molecule has 0 spiro atoms. The molecule has 1 rings (SSSR count). The molecule has 0 aliphatic heterocycles. The van der Waals surface area contributed by atoms with Crippen LogP contribution in [-0.4, -0.2) is 17.3 Å². The molecule has 4 heteroatoms. The standard InChI is InChI=1S/C10H12N2O2/c1-7-4-3-5-8(2)10(7)12-9(13)6-11-14/h3-6,14H,1-2H3,(H,12,13). The van der Waals surface area contributed by atoms with E-state index in [0.29, 0.717) is 0 Å². The third kappa shape index (κ3) is 2.32. The normalized spacial score (nSPS) is 10.4. The lowest BCUT2D eigenvalue weighted by Crippen LogP contribution is -2.14. The van der Waals surface area contributed by atoms with Crippen LogP contribution in [-0.2, 0) is 4.79 Å². The average molecular weight is 192 g/mol. The van der Waals surface area contributed by atoms with Crippen molar-refractivity contribution in [3.8, 4) is 0 Å². The van der Waals surface area contributed by atoms with Crippen molar-refractivity contribution in [3.05, 3.63) is 29.3 Å². The van der Waals surface area contributed by atoms with Gasteiger partial charge in [-0.2, -0.15) is 0 Å². The number of carbonyl (C=O) groups excluding carboxylic acids is 1. The molecule has 0 bridgehead atoms. The van der Waals surface area contributed by atoms with Crippen LogP contribution in [0, 0.1) is 13.8 Å². The Morgan fingerprint density at radius 2 is 2.00 bits per heavy atom. The zero-order chi connectivity index (χ0) is 10.6. The fourth-order valence-electron chi connectivity index (χ4n) is 1.22. The molecular formula is C10H12N2O2. The third-order valence-corrected chi connectivity index (χ3v) is 1.90. The Morgan fingerprint density at radius 1 is 1.43 bits per heavy atom. The van der Waals surface area contributed by atoms with E-state index >= 15 is 0 Å². The highest BCUT2D eigenvalue weighted by molar-refractivity contribution is 6.31. The van der Waals surface area contributed by atoms with Gasteiger partial charge in [0.05, 0.1) is 0 Å². The molecule has 1 aromatic carbocycles. The predicted octanol–water partition coefficient (Wildman–Crippen LogP) is 1.70. The lowest BCUT2D eigenvalue weighted by atomic mass is 10.1. The Hall–Kier alpha value is -1.84. The van der Waals surface area contributed by atoms with E-state index in [1.165, 1.54) is 0 Å². The molecule has 1 aromatic rings. The minimum absolute atomic E-state index is 0.440. The summed E-state index contributed by atoms with van der Waals surface area (Å²) in [6, 6.07) is 5.72. The van der Waals surface area contributed by atoms with E-state index < -0.39 is 5.91 Å². The fourth-order valence-corrected chi connectivity index (χ4v) is 1.22. The molecule has 4 nitrogen and oxygen atoms in total. The number of oxime groups is 1. The van der Waals surface area contributed by atoms with Gasteiger partial charge in [0.15, 0.2) is 0 Å². The third-order valence-electron chi connectivity index (χ3n) is 1.90. The first-order chi connectivity index (χ1) is 6.65. The van der Waals surface area contributed by atoms with E-state index in [1.807, 2.05) is 32.0 Å². The molecule has 0 aliphatic carbocycles. The zero-order valence-corrected chi connectivity index (χ0v) is 8.11. The molecule has 74 valence electrons. The summed E-state index contributed by atoms with van der Waals surface area (Å²) in [6.07, 6.45) is 0.825. The summed E-state index contributed by atoms with van der Waals surface area (Å²) in [5.41, 5.74) is 2.71. The molecule has 0 saturated heterocycles. The maximum Gasteiger partial charge on any atom is 0.270 e. The van der Waals surface area contributed by atoms with E-state index in [0.717, 1.165) is 23.0 Å². The maximum absolute atomic E-state index is 11.1. The number of hydrogen-bond acceptors (Lipinski definition) is 3. The Morgan fingerprint density at radius 3 is 2.50 bits per heavy atom. The van der Waals surface area contributed by atoms with Gasteiger partial charge in [-0.1, -0.05) is 23.4 Å².